The normalized spacial score (nSPS) is 21.2. The van der Waals surface area contributed by atoms with E-state index < -0.39 is 17.8 Å². The van der Waals surface area contributed by atoms with Crippen molar-refractivity contribution in [3.63, 3.8) is 0 Å². The second kappa shape index (κ2) is 6.84. The van der Waals surface area contributed by atoms with Crippen molar-refractivity contribution in [3.05, 3.63) is 63.0 Å². The van der Waals surface area contributed by atoms with Crippen molar-refractivity contribution >= 4 is 23.3 Å². The highest BCUT2D eigenvalue weighted by molar-refractivity contribution is 6.33. The number of hydrogen-bond donors (Lipinski definition) is 1. The highest BCUT2D eigenvalue weighted by Crippen LogP contribution is 2.36. The van der Waals surface area contributed by atoms with Crippen LogP contribution >= 0.6 is 11.6 Å². The Balaban J connectivity index is 1.54. The monoisotopic (exact) mass is 411 g/mol. The number of carbonyl (C=O) groups is 1. The summed E-state index contributed by atoms with van der Waals surface area (Å²) in [4.78, 5) is 26.3. The number of hydrogen-bond acceptors (Lipinski definition) is 2. The molecule has 2 aliphatic heterocycles. The van der Waals surface area contributed by atoms with Gasteiger partial charge < -0.3 is 14.8 Å². The maximum atomic E-state index is 12.9. The molecule has 0 unspecified atom stereocenters. The number of likely N-dealkylation sites (tertiary alicyclic amines) is 1. The lowest BCUT2D eigenvalue weighted by atomic mass is 9.83. The zero-order valence-corrected chi connectivity index (χ0v) is 15.4. The molecule has 2 amide bonds. The molecule has 1 aromatic heterocycles. The van der Waals surface area contributed by atoms with Crippen LogP contribution in [0.5, 0.6) is 0 Å². The smallest absolute Gasteiger partial charge is 0.324 e. The van der Waals surface area contributed by atoms with E-state index in [4.69, 9.17) is 11.6 Å². The molecule has 0 radical (unpaired) electrons. The molecule has 1 aromatic carbocycles. The van der Waals surface area contributed by atoms with E-state index in [9.17, 15) is 22.8 Å². The average molecular weight is 412 g/mol. The van der Waals surface area contributed by atoms with Gasteiger partial charge in [0, 0.05) is 37.3 Å². The Morgan fingerprint density at radius 1 is 1.14 bits per heavy atom. The first-order valence-corrected chi connectivity index (χ1v) is 9.22. The van der Waals surface area contributed by atoms with Crippen LogP contribution in [0.2, 0.25) is 5.02 Å². The fourth-order valence-electron chi connectivity index (χ4n) is 4.05. The Labute approximate surface area is 163 Å². The number of halogens is 4. The summed E-state index contributed by atoms with van der Waals surface area (Å²) < 4.78 is 40.5. The van der Waals surface area contributed by atoms with E-state index in [1.54, 1.807) is 15.5 Å². The van der Waals surface area contributed by atoms with Gasteiger partial charge in [-0.2, -0.15) is 13.2 Å². The van der Waals surface area contributed by atoms with Crippen LogP contribution in [0.4, 0.5) is 23.7 Å². The molecule has 2 atom stereocenters. The third-order valence-corrected chi connectivity index (χ3v) is 5.63. The van der Waals surface area contributed by atoms with Gasteiger partial charge in [0.15, 0.2) is 0 Å². The lowest BCUT2D eigenvalue weighted by molar-refractivity contribution is -0.137. The maximum Gasteiger partial charge on any atom is 0.416 e. The molecule has 1 saturated heterocycles. The number of fused-ring (bicyclic) bond motifs is 4. The van der Waals surface area contributed by atoms with Gasteiger partial charge in [0.2, 0.25) is 0 Å². The predicted molar refractivity (Wildman–Crippen MR) is 98.6 cm³/mol. The highest BCUT2D eigenvalue weighted by atomic mass is 35.5. The maximum absolute atomic E-state index is 12.9. The number of urea groups is 1. The molecule has 1 fully saturated rings. The number of nitrogens with zero attached hydrogens (tertiary/aromatic N) is 2. The number of carbonyl (C=O) groups excluding carboxylic acids is 1. The van der Waals surface area contributed by atoms with Crippen molar-refractivity contribution in [2.45, 2.75) is 25.1 Å². The van der Waals surface area contributed by atoms with Crippen LogP contribution < -0.4 is 10.9 Å². The summed E-state index contributed by atoms with van der Waals surface area (Å²) in [6.07, 6.45) is -3.65. The molecule has 3 heterocycles. The third-order valence-electron chi connectivity index (χ3n) is 5.30. The van der Waals surface area contributed by atoms with Crippen LogP contribution in [0.25, 0.3) is 0 Å². The first-order chi connectivity index (χ1) is 13.2. The summed E-state index contributed by atoms with van der Waals surface area (Å²) in [5.74, 6) is 0.137. The van der Waals surface area contributed by atoms with E-state index in [-0.39, 0.29) is 28.1 Å². The molecule has 4 rings (SSSR count). The first-order valence-electron chi connectivity index (χ1n) is 8.85. The van der Waals surface area contributed by atoms with E-state index in [1.807, 2.05) is 6.07 Å². The summed E-state index contributed by atoms with van der Waals surface area (Å²) in [6.45, 7) is 1.35. The fourth-order valence-corrected chi connectivity index (χ4v) is 4.22. The molecule has 2 bridgehead atoms. The van der Waals surface area contributed by atoms with Crippen LogP contribution in [0.15, 0.2) is 41.2 Å². The van der Waals surface area contributed by atoms with Gasteiger partial charge >= 0.3 is 12.2 Å². The Morgan fingerprint density at radius 2 is 1.93 bits per heavy atom. The van der Waals surface area contributed by atoms with Gasteiger partial charge in [0.1, 0.15) is 0 Å². The molecule has 1 N–H and O–H groups in total. The first kappa shape index (κ1) is 18.9. The molecule has 5 nitrogen and oxygen atoms in total. The van der Waals surface area contributed by atoms with Crippen molar-refractivity contribution < 1.29 is 18.0 Å². The number of aromatic nitrogens is 1. The molecular formula is C19H17ClF3N3O2. The number of anilines is 1. The summed E-state index contributed by atoms with van der Waals surface area (Å²) in [7, 11) is 0. The lowest BCUT2D eigenvalue weighted by Gasteiger charge is -2.42. The van der Waals surface area contributed by atoms with Crippen LogP contribution in [-0.4, -0.2) is 28.6 Å². The minimum absolute atomic E-state index is 0.0177. The molecule has 148 valence electrons. The van der Waals surface area contributed by atoms with Crippen molar-refractivity contribution in [1.82, 2.24) is 9.47 Å². The minimum atomic E-state index is -4.52. The second-order valence-corrected chi connectivity index (χ2v) is 7.63. The Bertz CT molecular complexity index is 989. The molecule has 0 saturated carbocycles. The number of alkyl halides is 3. The van der Waals surface area contributed by atoms with Gasteiger partial charge in [-0.25, -0.2) is 4.79 Å². The quantitative estimate of drug-likeness (QED) is 0.765. The largest absolute Gasteiger partial charge is 0.416 e. The zero-order chi connectivity index (χ0) is 20.1. The Hall–Kier alpha value is -2.48. The van der Waals surface area contributed by atoms with Crippen LogP contribution in [0.3, 0.4) is 0 Å². The highest BCUT2D eigenvalue weighted by Gasteiger charge is 2.36. The van der Waals surface area contributed by atoms with Crippen LogP contribution in [0.1, 0.15) is 23.6 Å². The van der Waals surface area contributed by atoms with Gasteiger partial charge in [-0.3, -0.25) is 4.79 Å². The van der Waals surface area contributed by atoms with Gasteiger partial charge in [-0.1, -0.05) is 17.7 Å². The summed E-state index contributed by atoms with van der Waals surface area (Å²) in [6, 6.07) is 7.43. The van der Waals surface area contributed by atoms with E-state index in [0.29, 0.717) is 19.6 Å². The van der Waals surface area contributed by atoms with Crippen molar-refractivity contribution in [3.8, 4) is 0 Å². The lowest BCUT2D eigenvalue weighted by Crippen LogP contribution is -2.50. The van der Waals surface area contributed by atoms with E-state index in [2.05, 4.69) is 5.32 Å². The summed E-state index contributed by atoms with van der Waals surface area (Å²) in [5.41, 5.74) is -0.121. The van der Waals surface area contributed by atoms with Gasteiger partial charge in [-0.15, -0.1) is 0 Å². The van der Waals surface area contributed by atoms with Gasteiger partial charge in [0.05, 0.1) is 16.3 Å². The molecule has 0 aliphatic carbocycles. The third kappa shape index (κ3) is 3.48. The van der Waals surface area contributed by atoms with E-state index >= 15 is 0 Å². The van der Waals surface area contributed by atoms with Crippen LogP contribution in [0, 0.1) is 5.92 Å². The van der Waals surface area contributed by atoms with Crippen molar-refractivity contribution in [2.24, 2.45) is 5.92 Å². The number of amides is 2. The molecule has 0 spiro atoms. The molecular weight excluding hydrogens is 395 g/mol. The SMILES string of the molecule is O=C(Nc1cc(C(F)(F)F)ccc1Cl)N1C[C@@H]2C[C@H](C1)c1cccc(=O)n1C2. The number of pyridine rings is 1. The summed E-state index contributed by atoms with van der Waals surface area (Å²) >= 11 is 5.97. The zero-order valence-electron chi connectivity index (χ0n) is 14.7. The topological polar surface area (TPSA) is 54.3 Å². The van der Waals surface area contributed by atoms with Crippen LogP contribution in [-0.2, 0) is 12.7 Å². The predicted octanol–water partition coefficient (Wildman–Crippen LogP) is 4.17. The number of rotatable bonds is 1. The molecule has 28 heavy (non-hydrogen) atoms. The summed E-state index contributed by atoms with van der Waals surface area (Å²) in [5, 5.41) is 2.54. The molecule has 9 heteroatoms. The Morgan fingerprint density at radius 3 is 2.68 bits per heavy atom. The Kier molecular flexibility index (Phi) is 4.61. The molecule has 2 aliphatic rings. The van der Waals surface area contributed by atoms with E-state index in [0.717, 1.165) is 30.3 Å². The standard InChI is InChI=1S/C19H17ClF3N3O2/c20-14-5-4-13(19(21,22)23)7-15(14)24-18(28)25-8-11-6-12(10-25)16-2-1-3-17(27)26(16)9-11/h1-5,7,11-12H,6,8-10H2,(H,24,28)/t11-,12+/m0/s1. The van der Waals surface area contributed by atoms with Gasteiger partial charge in [-0.05, 0) is 36.6 Å². The molecule has 2 aromatic rings. The van der Waals surface area contributed by atoms with E-state index in [1.165, 1.54) is 6.07 Å². The number of benzene rings is 1. The van der Waals surface area contributed by atoms with Crippen molar-refractivity contribution in [2.75, 3.05) is 18.4 Å². The van der Waals surface area contributed by atoms with Crippen molar-refractivity contribution in [1.29, 1.82) is 0 Å². The number of piperidine rings is 1. The fraction of sp³-hybridized carbons (Fsp3) is 0.368. The second-order valence-electron chi connectivity index (χ2n) is 7.23. The van der Waals surface area contributed by atoms with Gasteiger partial charge in [0.25, 0.3) is 5.56 Å². The average Bonchev–Trinajstić information content (AvgIpc) is 2.63. The number of nitrogens with one attached hydrogen (secondary N) is 1. The minimum Gasteiger partial charge on any atom is -0.324 e.